The summed E-state index contributed by atoms with van der Waals surface area (Å²) in [5.74, 6) is 3.07. The van der Waals surface area contributed by atoms with Crippen molar-refractivity contribution in [2.75, 3.05) is 18.3 Å². The highest BCUT2D eigenvalue weighted by Crippen LogP contribution is 2.17. The van der Waals surface area contributed by atoms with E-state index in [1.165, 1.54) is 0 Å². The van der Waals surface area contributed by atoms with Crippen molar-refractivity contribution in [3.63, 3.8) is 0 Å². The number of thioether (sulfide) groups is 1. The lowest BCUT2D eigenvalue weighted by Crippen LogP contribution is -1.93. The van der Waals surface area contributed by atoms with Gasteiger partial charge in [-0.3, -0.25) is 0 Å². The van der Waals surface area contributed by atoms with Crippen LogP contribution in [0.5, 0.6) is 5.75 Å². The molecular weight excluding hydrogens is 298 g/mol. The lowest BCUT2D eigenvalue weighted by molar-refractivity contribution is 0.415. The third-order valence-corrected chi connectivity index (χ3v) is 3.77. The topological polar surface area (TPSA) is 75.2 Å². The SMILES string of the molecule is COc1ccc(/C=N\Nc2nc(SCCC(C)C)n[nH]2)cc1. The summed E-state index contributed by atoms with van der Waals surface area (Å²) in [6, 6.07) is 7.63. The van der Waals surface area contributed by atoms with Gasteiger partial charge < -0.3 is 4.74 Å². The zero-order chi connectivity index (χ0) is 15.8. The minimum atomic E-state index is 0.539. The summed E-state index contributed by atoms with van der Waals surface area (Å²) < 4.78 is 5.11. The first-order chi connectivity index (χ1) is 10.7. The molecular formula is C15H21N5OS. The lowest BCUT2D eigenvalue weighted by atomic mass is 10.2. The molecule has 1 heterocycles. The smallest absolute Gasteiger partial charge is 0.240 e. The van der Waals surface area contributed by atoms with Crippen LogP contribution in [0.15, 0.2) is 34.5 Å². The number of anilines is 1. The van der Waals surface area contributed by atoms with Gasteiger partial charge in [-0.2, -0.15) is 10.1 Å². The van der Waals surface area contributed by atoms with Crippen molar-refractivity contribution >= 4 is 23.9 Å². The molecule has 2 aromatic rings. The number of ether oxygens (including phenoxy) is 1. The van der Waals surface area contributed by atoms with Crippen molar-refractivity contribution < 1.29 is 4.74 Å². The number of aromatic amines is 1. The number of rotatable bonds is 8. The highest BCUT2D eigenvalue weighted by Gasteiger charge is 2.03. The van der Waals surface area contributed by atoms with Crippen LogP contribution in [-0.2, 0) is 0 Å². The molecule has 6 nitrogen and oxygen atoms in total. The molecule has 7 heteroatoms. The van der Waals surface area contributed by atoms with Gasteiger partial charge in [0.2, 0.25) is 11.1 Å². The third kappa shape index (κ3) is 5.40. The Kier molecular flexibility index (Phi) is 6.27. The molecule has 0 radical (unpaired) electrons. The van der Waals surface area contributed by atoms with E-state index >= 15 is 0 Å². The molecule has 2 N–H and O–H groups in total. The van der Waals surface area contributed by atoms with Gasteiger partial charge in [0.05, 0.1) is 13.3 Å². The van der Waals surface area contributed by atoms with E-state index in [4.69, 9.17) is 4.74 Å². The van der Waals surface area contributed by atoms with Crippen molar-refractivity contribution in [2.45, 2.75) is 25.4 Å². The number of aromatic nitrogens is 3. The van der Waals surface area contributed by atoms with E-state index in [9.17, 15) is 0 Å². The molecule has 0 saturated heterocycles. The van der Waals surface area contributed by atoms with Crippen LogP contribution in [0.3, 0.4) is 0 Å². The third-order valence-electron chi connectivity index (χ3n) is 2.89. The minimum absolute atomic E-state index is 0.539. The maximum Gasteiger partial charge on any atom is 0.240 e. The Morgan fingerprint density at radius 2 is 2.14 bits per heavy atom. The zero-order valence-corrected chi connectivity index (χ0v) is 13.9. The summed E-state index contributed by atoms with van der Waals surface area (Å²) in [4.78, 5) is 4.32. The van der Waals surface area contributed by atoms with Gasteiger partial charge in [-0.25, -0.2) is 10.5 Å². The van der Waals surface area contributed by atoms with E-state index < -0.39 is 0 Å². The van der Waals surface area contributed by atoms with Gasteiger partial charge in [0.25, 0.3) is 0 Å². The predicted molar refractivity (Wildman–Crippen MR) is 90.8 cm³/mol. The molecule has 2 rings (SSSR count). The van der Waals surface area contributed by atoms with Gasteiger partial charge in [0.1, 0.15) is 5.75 Å². The van der Waals surface area contributed by atoms with Gasteiger partial charge in [0, 0.05) is 5.75 Å². The van der Waals surface area contributed by atoms with Gasteiger partial charge >= 0.3 is 0 Å². The summed E-state index contributed by atoms with van der Waals surface area (Å²) >= 11 is 1.64. The molecule has 0 spiro atoms. The summed E-state index contributed by atoms with van der Waals surface area (Å²) in [5.41, 5.74) is 3.81. The minimum Gasteiger partial charge on any atom is -0.497 e. The van der Waals surface area contributed by atoms with Crippen LogP contribution >= 0.6 is 11.8 Å². The van der Waals surface area contributed by atoms with Crippen molar-refractivity contribution in [1.82, 2.24) is 15.2 Å². The van der Waals surface area contributed by atoms with Crippen LogP contribution in [0, 0.1) is 5.92 Å². The monoisotopic (exact) mass is 319 g/mol. The predicted octanol–water partition coefficient (Wildman–Crippen LogP) is 3.40. The average molecular weight is 319 g/mol. The molecule has 22 heavy (non-hydrogen) atoms. The Balaban J connectivity index is 1.80. The van der Waals surface area contributed by atoms with E-state index in [-0.39, 0.29) is 0 Å². The Morgan fingerprint density at radius 1 is 1.36 bits per heavy atom. The molecule has 118 valence electrons. The number of H-pyrrole nitrogens is 1. The van der Waals surface area contributed by atoms with Crippen LogP contribution in [-0.4, -0.2) is 34.3 Å². The molecule has 0 unspecified atom stereocenters. The first kappa shape index (κ1) is 16.4. The second-order valence-corrected chi connectivity index (χ2v) is 6.20. The fourth-order valence-corrected chi connectivity index (χ4v) is 2.64. The van der Waals surface area contributed by atoms with Crippen LogP contribution in [0.25, 0.3) is 0 Å². The lowest BCUT2D eigenvalue weighted by Gasteiger charge is -2.00. The van der Waals surface area contributed by atoms with Crippen LogP contribution < -0.4 is 10.2 Å². The molecule has 0 aliphatic carbocycles. The fraction of sp³-hybridized carbons (Fsp3) is 0.400. The molecule has 1 aromatic carbocycles. The molecule has 0 saturated carbocycles. The zero-order valence-electron chi connectivity index (χ0n) is 13.0. The van der Waals surface area contributed by atoms with Gasteiger partial charge in [-0.05, 0) is 42.2 Å². The molecule has 0 aliphatic rings. The van der Waals surface area contributed by atoms with Gasteiger partial charge in [-0.1, -0.05) is 25.6 Å². The summed E-state index contributed by atoms with van der Waals surface area (Å²) in [6.45, 7) is 4.42. The Bertz CT molecular complexity index is 594. The summed E-state index contributed by atoms with van der Waals surface area (Å²) in [6.07, 6.45) is 2.87. The van der Waals surface area contributed by atoms with Crippen molar-refractivity contribution in [2.24, 2.45) is 11.0 Å². The maximum atomic E-state index is 5.11. The number of nitrogens with one attached hydrogen (secondary N) is 2. The quantitative estimate of drug-likeness (QED) is 0.443. The fourth-order valence-electron chi connectivity index (χ4n) is 1.60. The number of hydrazone groups is 1. The average Bonchev–Trinajstić information content (AvgIpc) is 2.95. The van der Waals surface area contributed by atoms with E-state index in [0.717, 1.165) is 28.6 Å². The van der Waals surface area contributed by atoms with Crippen molar-refractivity contribution in [1.29, 1.82) is 0 Å². The molecule has 0 amide bonds. The molecule has 0 bridgehead atoms. The number of hydrogen-bond acceptors (Lipinski definition) is 6. The van der Waals surface area contributed by atoms with E-state index in [2.05, 4.69) is 39.6 Å². The van der Waals surface area contributed by atoms with Crippen molar-refractivity contribution in [3.05, 3.63) is 29.8 Å². The first-order valence-corrected chi connectivity index (χ1v) is 8.14. The Morgan fingerprint density at radius 3 is 2.82 bits per heavy atom. The van der Waals surface area contributed by atoms with E-state index in [1.54, 1.807) is 25.1 Å². The largest absolute Gasteiger partial charge is 0.497 e. The number of nitrogens with zero attached hydrogens (tertiary/aromatic N) is 3. The Labute approximate surface area is 134 Å². The second-order valence-electron chi connectivity index (χ2n) is 5.14. The van der Waals surface area contributed by atoms with Crippen molar-refractivity contribution in [3.8, 4) is 5.75 Å². The molecule has 0 aliphatic heterocycles. The summed E-state index contributed by atoms with van der Waals surface area (Å²) in [7, 11) is 1.64. The number of benzene rings is 1. The maximum absolute atomic E-state index is 5.11. The summed E-state index contributed by atoms with van der Waals surface area (Å²) in [5, 5.41) is 11.8. The van der Waals surface area contributed by atoms with E-state index in [1.807, 2.05) is 24.3 Å². The van der Waals surface area contributed by atoms with Crippen LogP contribution in [0.2, 0.25) is 0 Å². The normalized spacial score (nSPS) is 11.3. The molecule has 0 fully saturated rings. The van der Waals surface area contributed by atoms with E-state index in [0.29, 0.717) is 11.9 Å². The Hall–Kier alpha value is -2.02. The van der Waals surface area contributed by atoms with Gasteiger partial charge in [-0.15, -0.1) is 5.10 Å². The van der Waals surface area contributed by atoms with Crippen LogP contribution in [0.4, 0.5) is 5.95 Å². The number of hydrogen-bond donors (Lipinski definition) is 2. The highest BCUT2D eigenvalue weighted by atomic mass is 32.2. The number of methoxy groups -OCH3 is 1. The van der Waals surface area contributed by atoms with Crippen LogP contribution in [0.1, 0.15) is 25.8 Å². The second kappa shape index (κ2) is 8.43. The standard InChI is InChI=1S/C15H21N5OS/c1-11(2)8-9-22-15-17-14(19-20-15)18-16-10-12-4-6-13(21-3)7-5-12/h4-7,10-11H,8-9H2,1-3H3,(H2,17,18,19,20)/b16-10-. The molecule has 0 atom stereocenters. The highest BCUT2D eigenvalue weighted by molar-refractivity contribution is 7.99. The van der Waals surface area contributed by atoms with Gasteiger partial charge in [0.15, 0.2) is 0 Å². The first-order valence-electron chi connectivity index (χ1n) is 7.15. The molecule has 1 aromatic heterocycles.